The highest BCUT2D eigenvalue weighted by atomic mass is 16.1. The molecule has 1 amide bonds. The van der Waals surface area contributed by atoms with E-state index < -0.39 is 0 Å². The van der Waals surface area contributed by atoms with Crippen LogP contribution in [-0.4, -0.2) is 33.9 Å². The smallest absolute Gasteiger partial charge is 0.220 e. The third-order valence-electron chi connectivity index (χ3n) is 4.77. The lowest BCUT2D eigenvalue weighted by Gasteiger charge is -2.11. The Morgan fingerprint density at radius 2 is 1.93 bits per heavy atom. The maximum Gasteiger partial charge on any atom is 0.220 e. The number of hydrogen-bond acceptors (Lipinski definition) is 6. The van der Waals surface area contributed by atoms with Crippen LogP contribution in [0.3, 0.4) is 0 Å². The first-order valence-corrected chi connectivity index (χ1v) is 9.73. The predicted octanol–water partition coefficient (Wildman–Crippen LogP) is 3.42. The molecule has 7 heteroatoms. The Morgan fingerprint density at radius 1 is 1.11 bits per heavy atom. The molecule has 1 aliphatic rings. The number of carbonyl (C=O) groups is 1. The van der Waals surface area contributed by atoms with Crippen LogP contribution in [0.1, 0.15) is 44.3 Å². The largest absolute Gasteiger partial charge is 0.368 e. The molecule has 0 atom stereocenters. The highest BCUT2D eigenvalue weighted by Crippen LogP contribution is 2.28. The molecule has 0 aliphatic heterocycles. The van der Waals surface area contributed by atoms with E-state index in [1.54, 1.807) is 6.20 Å². The van der Waals surface area contributed by atoms with E-state index in [1.807, 2.05) is 31.2 Å². The van der Waals surface area contributed by atoms with Crippen molar-refractivity contribution in [3.8, 4) is 0 Å². The predicted molar refractivity (Wildman–Crippen MR) is 107 cm³/mol. The zero-order chi connectivity index (χ0) is 18.9. The van der Waals surface area contributed by atoms with E-state index in [9.17, 15) is 4.79 Å². The van der Waals surface area contributed by atoms with Crippen molar-refractivity contribution in [2.45, 2.75) is 45.4 Å². The summed E-state index contributed by atoms with van der Waals surface area (Å²) < 4.78 is 0. The Bertz CT molecular complexity index is 731. The Kier molecular flexibility index (Phi) is 6.96. The summed E-state index contributed by atoms with van der Waals surface area (Å²) in [6.07, 6.45) is 8.61. The van der Waals surface area contributed by atoms with Crippen LogP contribution >= 0.6 is 0 Å². The molecule has 1 fully saturated rings. The van der Waals surface area contributed by atoms with Crippen molar-refractivity contribution < 1.29 is 4.79 Å². The van der Waals surface area contributed by atoms with Gasteiger partial charge in [0.2, 0.25) is 5.91 Å². The first-order chi connectivity index (χ1) is 13.2. The lowest BCUT2D eigenvalue weighted by Crippen LogP contribution is -2.29. The lowest BCUT2D eigenvalue weighted by molar-refractivity contribution is -0.121. The topological polar surface area (TPSA) is 91.8 Å². The van der Waals surface area contributed by atoms with Crippen LogP contribution in [0.2, 0.25) is 0 Å². The number of aromatic nitrogens is 3. The fraction of sp³-hybridized carbons (Fsp3) is 0.500. The second-order valence-electron chi connectivity index (χ2n) is 6.99. The van der Waals surface area contributed by atoms with Crippen molar-refractivity contribution in [3.63, 3.8) is 0 Å². The number of amides is 1. The minimum absolute atomic E-state index is 0.139. The van der Waals surface area contributed by atoms with Gasteiger partial charge in [-0.25, -0.2) is 15.0 Å². The average Bonchev–Trinajstić information content (AvgIpc) is 3.18. The van der Waals surface area contributed by atoms with E-state index in [-0.39, 0.29) is 5.91 Å². The second kappa shape index (κ2) is 9.85. The fourth-order valence-corrected chi connectivity index (χ4v) is 3.41. The van der Waals surface area contributed by atoms with Crippen molar-refractivity contribution in [3.05, 3.63) is 36.3 Å². The number of nitrogens with zero attached hydrogens (tertiary/aromatic N) is 3. The van der Waals surface area contributed by atoms with Crippen LogP contribution in [0, 0.1) is 12.8 Å². The van der Waals surface area contributed by atoms with Crippen LogP contribution in [0.4, 0.5) is 17.5 Å². The van der Waals surface area contributed by atoms with Crippen molar-refractivity contribution in [1.29, 1.82) is 0 Å². The molecule has 1 aliphatic carbocycles. The Labute approximate surface area is 160 Å². The fourth-order valence-electron chi connectivity index (χ4n) is 3.41. The first-order valence-electron chi connectivity index (χ1n) is 9.73. The zero-order valence-corrected chi connectivity index (χ0v) is 15.9. The molecule has 7 nitrogen and oxygen atoms in total. The third kappa shape index (κ3) is 6.51. The van der Waals surface area contributed by atoms with Gasteiger partial charge in [-0.05, 0) is 31.4 Å². The van der Waals surface area contributed by atoms with Gasteiger partial charge in [-0.3, -0.25) is 4.79 Å². The Hall–Kier alpha value is -2.70. The zero-order valence-electron chi connectivity index (χ0n) is 15.9. The number of rotatable bonds is 9. The summed E-state index contributed by atoms with van der Waals surface area (Å²) in [5.41, 5.74) is 0. The molecule has 0 saturated heterocycles. The van der Waals surface area contributed by atoms with E-state index in [2.05, 4.69) is 30.9 Å². The number of anilines is 3. The molecule has 0 bridgehead atoms. The summed E-state index contributed by atoms with van der Waals surface area (Å²) in [6.45, 7) is 3.05. The van der Waals surface area contributed by atoms with Crippen molar-refractivity contribution in [1.82, 2.24) is 20.3 Å². The van der Waals surface area contributed by atoms with Gasteiger partial charge >= 0.3 is 0 Å². The van der Waals surface area contributed by atoms with Gasteiger partial charge < -0.3 is 16.0 Å². The highest BCUT2D eigenvalue weighted by Gasteiger charge is 2.15. The number of carbonyl (C=O) groups excluding carboxylic acids is 1. The molecular weight excluding hydrogens is 340 g/mol. The molecule has 2 aromatic rings. The first kappa shape index (κ1) is 19.1. The molecule has 0 unspecified atom stereocenters. The van der Waals surface area contributed by atoms with Gasteiger partial charge in [0, 0.05) is 31.8 Å². The molecule has 0 radical (unpaired) electrons. The van der Waals surface area contributed by atoms with Gasteiger partial charge in [0.05, 0.1) is 0 Å². The molecule has 0 spiro atoms. The van der Waals surface area contributed by atoms with Gasteiger partial charge in [-0.1, -0.05) is 31.7 Å². The summed E-state index contributed by atoms with van der Waals surface area (Å²) in [5, 5.41) is 9.38. The van der Waals surface area contributed by atoms with Gasteiger partial charge in [0.15, 0.2) is 0 Å². The summed E-state index contributed by atoms with van der Waals surface area (Å²) in [6, 6.07) is 7.50. The molecule has 0 aromatic carbocycles. The monoisotopic (exact) mass is 368 g/mol. The summed E-state index contributed by atoms with van der Waals surface area (Å²) >= 11 is 0. The summed E-state index contributed by atoms with van der Waals surface area (Å²) in [4.78, 5) is 24.9. The van der Waals surface area contributed by atoms with E-state index in [0.29, 0.717) is 31.2 Å². The van der Waals surface area contributed by atoms with E-state index in [4.69, 9.17) is 0 Å². The minimum atomic E-state index is 0.139. The van der Waals surface area contributed by atoms with Crippen LogP contribution in [0.25, 0.3) is 0 Å². The van der Waals surface area contributed by atoms with Crippen molar-refractivity contribution in [2.24, 2.45) is 5.92 Å². The maximum absolute atomic E-state index is 11.9. The molecule has 3 N–H and O–H groups in total. The molecule has 144 valence electrons. The second-order valence-corrected chi connectivity index (χ2v) is 6.99. The quantitative estimate of drug-likeness (QED) is 0.588. The number of nitrogens with one attached hydrogen (secondary N) is 3. The molecule has 27 heavy (non-hydrogen) atoms. The lowest BCUT2D eigenvalue weighted by atomic mass is 10.0. The maximum atomic E-state index is 11.9. The SMILES string of the molecule is Cc1nc(NCCNC(=O)CCC2CCCC2)cc(Nc2ccccn2)n1. The van der Waals surface area contributed by atoms with E-state index in [0.717, 1.165) is 24.0 Å². The Morgan fingerprint density at radius 3 is 2.70 bits per heavy atom. The Balaban J connectivity index is 1.40. The number of hydrogen-bond donors (Lipinski definition) is 3. The van der Waals surface area contributed by atoms with Gasteiger partial charge in [0.1, 0.15) is 23.3 Å². The number of pyridine rings is 1. The van der Waals surface area contributed by atoms with Gasteiger partial charge in [-0.2, -0.15) is 0 Å². The van der Waals surface area contributed by atoms with Crippen molar-refractivity contribution in [2.75, 3.05) is 23.7 Å². The van der Waals surface area contributed by atoms with E-state index in [1.165, 1.54) is 25.7 Å². The third-order valence-corrected chi connectivity index (χ3v) is 4.77. The van der Waals surface area contributed by atoms with Crippen LogP contribution < -0.4 is 16.0 Å². The number of aryl methyl sites for hydroxylation is 1. The minimum Gasteiger partial charge on any atom is -0.368 e. The molecular formula is C20H28N6O. The molecule has 2 heterocycles. The standard InChI is InChI=1S/C20H28N6O/c1-15-24-18(14-19(25-15)26-17-8-4-5-11-21-17)22-12-13-23-20(27)10-9-16-6-2-3-7-16/h4-5,8,11,14,16H,2-3,6-7,9-10,12-13H2,1H3,(H,23,27)(H2,21,22,24,25,26). The molecule has 1 saturated carbocycles. The normalized spacial score (nSPS) is 14.1. The van der Waals surface area contributed by atoms with E-state index >= 15 is 0 Å². The molecule has 2 aromatic heterocycles. The van der Waals surface area contributed by atoms with Crippen LogP contribution in [-0.2, 0) is 4.79 Å². The van der Waals surface area contributed by atoms with Gasteiger partial charge in [-0.15, -0.1) is 0 Å². The average molecular weight is 368 g/mol. The highest BCUT2D eigenvalue weighted by molar-refractivity contribution is 5.75. The summed E-state index contributed by atoms with van der Waals surface area (Å²) in [7, 11) is 0. The molecule has 3 rings (SSSR count). The van der Waals surface area contributed by atoms with Crippen LogP contribution in [0.5, 0.6) is 0 Å². The van der Waals surface area contributed by atoms with Crippen molar-refractivity contribution >= 4 is 23.4 Å². The summed E-state index contributed by atoms with van der Waals surface area (Å²) in [5.74, 6) is 3.70. The van der Waals surface area contributed by atoms with Crippen LogP contribution in [0.15, 0.2) is 30.5 Å². The van der Waals surface area contributed by atoms with Gasteiger partial charge in [0.25, 0.3) is 0 Å².